The van der Waals surface area contributed by atoms with E-state index in [-0.39, 0.29) is 0 Å². The molecule has 11 heavy (non-hydrogen) atoms. The molecule has 0 amide bonds. The van der Waals surface area contributed by atoms with E-state index in [1.54, 1.807) is 6.07 Å². The Hall–Kier alpha value is -1.39. The molecule has 1 heterocycles. The summed E-state index contributed by atoms with van der Waals surface area (Å²) in [4.78, 5) is 10.9. The Labute approximate surface area is 63.8 Å². The van der Waals surface area contributed by atoms with Crippen molar-refractivity contribution < 1.29 is 5.03 Å². The number of nitro groups is 1. The van der Waals surface area contributed by atoms with Gasteiger partial charge >= 0.3 is 0 Å². The van der Waals surface area contributed by atoms with Gasteiger partial charge in [-0.2, -0.15) is 0 Å². The van der Waals surface area contributed by atoms with E-state index in [0.717, 1.165) is 23.3 Å². The van der Waals surface area contributed by atoms with E-state index in [0.29, 0.717) is 0 Å². The monoisotopic (exact) mass is 155 g/mol. The summed E-state index contributed by atoms with van der Waals surface area (Å²) in [7, 11) is 0. The zero-order valence-electron chi connectivity index (χ0n) is 6.23. The number of nitrogens with zero attached hydrogens (tertiary/aromatic N) is 3. The van der Waals surface area contributed by atoms with E-state index in [1.165, 1.54) is 6.20 Å². The molecule has 0 bridgehead atoms. The summed E-state index contributed by atoms with van der Waals surface area (Å²) >= 11 is 0. The van der Waals surface area contributed by atoms with Gasteiger partial charge in [0.25, 0.3) is 0 Å². The van der Waals surface area contributed by atoms with E-state index < -0.39 is 5.03 Å². The summed E-state index contributed by atoms with van der Waals surface area (Å²) in [6, 6.07) is 1.66. The quantitative estimate of drug-likeness (QED) is 0.480. The fraction of sp³-hybridized carbons (Fsp3) is 0.500. The molecule has 0 N–H and O–H groups in total. The van der Waals surface area contributed by atoms with Gasteiger partial charge in [-0.25, -0.2) is 0 Å². The highest BCUT2D eigenvalue weighted by molar-refractivity contribution is 4.97. The third-order valence-electron chi connectivity index (χ3n) is 1.30. The molecule has 5 nitrogen and oxygen atoms in total. The van der Waals surface area contributed by atoms with E-state index >= 15 is 0 Å². The normalized spacial score (nSPS) is 9.91. The molecule has 0 unspecified atom stereocenters. The lowest BCUT2D eigenvalue weighted by Gasteiger charge is -1.87. The van der Waals surface area contributed by atoms with Crippen molar-refractivity contribution in [2.45, 2.75) is 19.8 Å². The molecule has 0 aliphatic rings. The van der Waals surface area contributed by atoms with E-state index in [4.69, 9.17) is 0 Å². The maximum atomic E-state index is 10.1. The largest absolute Gasteiger partial charge is 0.339 e. The lowest BCUT2D eigenvalue weighted by molar-refractivity contribution is -0.552. The van der Waals surface area contributed by atoms with Crippen LogP contribution in [0.5, 0.6) is 0 Å². The number of rotatable bonds is 3. The zero-order chi connectivity index (χ0) is 8.27. The first-order chi connectivity index (χ1) is 5.24. The molecule has 0 fully saturated rings. The van der Waals surface area contributed by atoms with Gasteiger partial charge in [0.1, 0.15) is 6.20 Å². The smallest absolute Gasteiger partial charge is 0.180 e. The van der Waals surface area contributed by atoms with Gasteiger partial charge in [0.2, 0.25) is 0 Å². The van der Waals surface area contributed by atoms with Crippen molar-refractivity contribution in [2.75, 3.05) is 0 Å². The van der Waals surface area contributed by atoms with E-state index in [2.05, 4.69) is 5.10 Å². The van der Waals surface area contributed by atoms with Crippen LogP contribution >= 0.6 is 0 Å². The van der Waals surface area contributed by atoms with Crippen LogP contribution in [0.1, 0.15) is 19.0 Å². The summed E-state index contributed by atoms with van der Waals surface area (Å²) < 4.78 is 0. The molecule has 60 valence electrons. The molecule has 1 aromatic heterocycles. The second-order valence-electron chi connectivity index (χ2n) is 2.22. The van der Waals surface area contributed by atoms with E-state index in [1.807, 2.05) is 6.92 Å². The Morgan fingerprint density at radius 3 is 3.00 bits per heavy atom. The number of hydrogen-bond acceptors (Lipinski definition) is 3. The van der Waals surface area contributed by atoms with Gasteiger partial charge in [0, 0.05) is 22.4 Å². The van der Waals surface area contributed by atoms with Gasteiger partial charge in [-0.1, -0.05) is 6.92 Å². The minimum absolute atomic E-state index is 0.556. The Morgan fingerprint density at radius 1 is 1.82 bits per heavy atom. The van der Waals surface area contributed by atoms with Crippen molar-refractivity contribution in [1.82, 2.24) is 9.89 Å². The van der Waals surface area contributed by atoms with Crippen LogP contribution in [-0.4, -0.2) is 14.9 Å². The Balaban J connectivity index is 2.73. The molecule has 1 rings (SSSR count). The fourth-order valence-electron chi connectivity index (χ4n) is 0.831. The highest BCUT2D eigenvalue weighted by atomic mass is 16.7. The molecule has 0 aromatic carbocycles. The Morgan fingerprint density at radius 2 is 2.55 bits per heavy atom. The van der Waals surface area contributed by atoms with Crippen LogP contribution < -0.4 is 0 Å². The summed E-state index contributed by atoms with van der Waals surface area (Å²) in [5, 5.41) is 13.3. The van der Waals surface area contributed by atoms with Crippen molar-refractivity contribution in [3.63, 3.8) is 0 Å². The molecular weight excluding hydrogens is 146 g/mol. The summed E-state index contributed by atoms with van der Waals surface area (Å²) in [6.07, 6.45) is 3.10. The number of aryl methyl sites for hydroxylation is 1. The van der Waals surface area contributed by atoms with Crippen LogP contribution in [0.2, 0.25) is 0 Å². The lowest BCUT2D eigenvalue weighted by atomic mass is 10.3. The second kappa shape index (κ2) is 3.14. The molecule has 0 aliphatic carbocycles. The van der Waals surface area contributed by atoms with Crippen molar-refractivity contribution in [2.24, 2.45) is 0 Å². The first-order valence-electron chi connectivity index (χ1n) is 3.43. The molecule has 0 radical (unpaired) electrons. The predicted octanol–water partition coefficient (Wildman–Crippen LogP) is 0.875. The average molecular weight is 155 g/mol. The highest BCUT2D eigenvalue weighted by Gasteiger charge is 2.06. The van der Waals surface area contributed by atoms with Gasteiger partial charge in [-0.15, -0.1) is 0 Å². The topological polar surface area (TPSA) is 61.0 Å². The first-order valence-corrected chi connectivity index (χ1v) is 3.43. The molecule has 0 atom stereocenters. The number of hydrogen-bond donors (Lipinski definition) is 0. The van der Waals surface area contributed by atoms with Gasteiger partial charge < -0.3 is 10.1 Å². The van der Waals surface area contributed by atoms with Crippen molar-refractivity contribution >= 4 is 0 Å². The van der Waals surface area contributed by atoms with Crippen LogP contribution in [0.15, 0.2) is 12.3 Å². The summed E-state index contributed by atoms with van der Waals surface area (Å²) in [5.41, 5.74) is 0.768. The lowest BCUT2D eigenvalue weighted by Crippen LogP contribution is -2.08. The van der Waals surface area contributed by atoms with Crippen molar-refractivity contribution in [1.29, 1.82) is 0 Å². The average Bonchev–Trinajstić information content (AvgIpc) is 2.37. The second-order valence-corrected chi connectivity index (χ2v) is 2.22. The third kappa shape index (κ3) is 1.76. The van der Waals surface area contributed by atoms with E-state index in [9.17, 15) is 10.1 Å². The summed E-state index contributed by atoms with van der Waals surface area (Å²) in [6.45, 7) is 2.01. The van der Waals surface area contributed by atoms with Gasteiger partial charge in [0.15, 0.2) is 5.69 Å². The minimum Gasteiger partial charge on any atom is -0.339 e. The summed E-state index contributed by atoms with van der Waals surface area (Å²) in [5.74, 6) is 0. The van der Waals surface area contributed by atoms with Crippen molar-refractivity contribution in [3.05, 3.63) is 28.1 Å². The number of aromatic nitrogens is 2. The van der Waals surface area contributed by atoms with Gasteiger partial charge in [-0.05, 0) is 6.42 Å². The van der Waals surface area contributed by atoms with Crippen LogP contribution in [0.3, 0.4) is 0 Å². The first kappa shape index (κ1) is 7.71. The van der Waals surface area contributed by atoms with Crippen LogP contribution in [0.25, 0.3) is 0 Å². The molecule has 0 spiro atoms. The van der Waals surface area contributed by atoms with Gasteiger partial charge in [-0.3, -0.25) is 0 Å². The Kier molecular flexibility index (Phi) is 2.20. The fourth-order valence-corrected chi connectivity index (χ4v) is 0.831. The predicted molar refractivity (Wildman–Crippen MR) is 38.6 cm³/mol. The molecule has 0 saturated carbocycles. The minimum atomic E-state index is -0.556. The van der Waals surface area contributed by atoms with Gasteiger partial charge in [0.05, 0.1) is 5.03 Å². The maximum Gasteiger partial charge on any atom is 0.180 e. The van der Waals surface area contributed by atoms with Crippen LogP contribution in [0, 0.1) is 10.1 Å². The van der Waals surface area contributed by atoms with Crippen LogP contribution in [0.4, 0.5) is 0 Å². The maximum absolute atomic E-state index is 10.1. The van der Waals surface area contributed by atoms with Crippen LogP contribution in [-0.2, 0) is 6.42 Å². The molecule has 5 heteroatoms. The molecule has 0 aliphatic heterocycles. The Bertz CT molecular complexity index is 256. The standard InChI is InChI=1S/C6H9N3O2/c1-2-3-6-4-5-8(7-6)9(10)11/h4-5H,2-3H2,1H3. The molecular formula is C6H9N3O2. The highest BCUT2D eigenvalue weighted by Crippen LogP contribution is 1.98. The third-order valence-corrected chi connectivity index (χ3v) is 1.30. The zero-order valence-corrected chi connectivity index (χ0v) is 6.23. The van der Waals surface area contributed by atoms with Crippen molar-refractivity contribution in [3.8, 4) is 0 Å². The molecule has 0 saturated heterocycles. The SMILES string of the molecule is CCCc1ccn([N+](=O)[O-])n1. The molecule has 1 aromatic rings.